The minimum absolute atomic E-state index is 0.169. The molecular weight excluding hydrogens is 416 g/mol. The predicted molar refractivity (Wildman–Crippen MR) is 118 cm³/mol. The highest BCUT2D eigenvalue weighted by molar-refractivity contribution is 6.33. The molecule has 0 saturated carbocycles. The summed E-state index contributed by atoms with van der Waals surface area (Å²) < 4.78 is 0. The van der Waals surface area contributed by atoms with Gasteiger partial charge in [0.25, 0.3) is 5.91 Å². The highest BCUT2D eigenvalue weighted by atomic mass is 35.5. The Labute approximate surface area is 183 Å². The summed E-state index contributed by atoms with van der Waals surface area (Å²) in [6.45, 7) is 3.56. The minimum Gasteiger partial charge on any atom is -0.364 e. The van der Waals surface area contributed by atoms with Crippen molar-refractivity contribution < 1.29 is 14.4 Å². The molecule has 0 aliphatic carbocycles. The molecule has 0 bridgehead atoms. The Balaban J connectivity index is 1.59. The molecule has 1 aliphatic rings. The van der Waals surface area contributed by atoms with Gasteiger partial charge in [0, 0.05) is 22.6 Å². The third-order valence-corrected chi connectivity index (χ3v) is 5.33. The van der Waals surface area contributed by atoms with E-state index in [9.17, 15) is 9.59 Å². The summed E-state index contributed by atoms with van der Waals surface area (Å²) in [5.74, 6) is -0.941. The number of nitrogens with zero attached hydrogens (tertiary/aromatic N) is 3. The van der Waals surface area contributed by atoms with Gasteiger partial charge < -0.3 is 10.6 Å². The molecule has 1 amide bonds. The molecule has 0 saturated heterocycles. The molecule has 0 radical (unpaired) electrons. The second-order valence-electron chi connectivity index (χ2n) is 7.32. The van der Waals surface area contributed by atoms with Crippen LogP contribution in [0.5, 0.6) is 0 Å². The van der Waals surface area contributed by atoms with Crippen LogP contribution in [0.4, 0.5) is 0 Å². The number of rotatable bonds is 5. The van der Waals surface area contributed by atoms with Gasteiger partial charge in [-0.1, -0.05) is 53.2 Å². The second-order valence-corrected chi connectivity index (χ2v) is 7.73. The number of aryl methyl sites for hydroxylation is 2. The average Bonchev–Trinajstić information content (AvgIpc) is 3.13. The number of nitrogens with two attached hydrogens (primary N) is 1. The lowest BCUT2D eigenvalue weighted by Gasteiger charge is -2.11. The summed E-state index contributed by atoms with van der Waals surface area (Å²) in [5.41, 5.74) is 11.7. The van der Waals surface area contributed by atoms with Gasteiger partial charge in [-0.2, -0.15) is 0 Å². The first kappa shape index (κ1) is 20.7. The van der Waals surface area contributed by atoms with Gasteiger partial charge in [0.2, 0.25) is 0 Å². The Morgan fingerprint density at radius 2 is 1.77 bits per heavy atom. The van der Waals surface area contributed by atoms with E-state index < -0.39 is 5.91 Å². The largest absolute Gasteiger partial charge is 0.364 e. The first-order valence-corrected chi connectivity index (χ1v) is 9.99. The number of primary amides is 1. The summed E-state index contributed by atoms with van der Waals surface area (Å²) >= 11 is 6.52. The zero-order valence-corrected chi connectivity index (χ0v) is 17.7. The highest BCUT2D eigenvalue weighted by Crippen LogP contribution is 2.31. The Hall–Kier alpha value is -3.58. The monoisotopic (exact) mass is 434 g/mol. The Morgan fingerprint density at radius 3 is 2.39 bits per heavy atom. The maximum absolute atomic E-state index is 11.6. The number of oxime groups is 1. The van der Waals surface area contributed by atoms with Gasteiger partial charge in [-0.3, -0.25) is 9.78 Å². The average molecular weight is 435 g/mol. The van der Waals surface area contributed by atoms with Crippen molar-refractivity contribution in [2.24, 2.45) is 10.9 Å². The molecule has 156 valence electrons. The van der Waals surface area contributed by atoms with Gasteiger partial charge in [0.1, 0.15) is 5.69 Å². The van der Waals surface area contributed by atoms with E-state index >= 15 is 0 Å². The smallest absolute Gasteiger partial charge is 0.340 e. The Kier molecular flexibility index (Phi) is 5.52. The van der Waals surface area contributed by atoms with Gasteiger partial charge in [0.05, 0.1) is 29.2 Å². The second kappa shape index (κ2) is 8.28. The van der Waals surface area contributed by atoms with Crippen LogP contribution >= 0.6 is 11.6 Å². The molecule has 4 rings (SSSR count). The van der Waals surface area contributed by atoms with E-state index in [1.807, 2.05) is 49.4 Å². The molecule has 1 aliphatic heterocycles. The van der Waals surface area contributed by atoms with E-state index in [1.54, 1.807) is 6.92 Å². The number of hydrogen-bond acceptors (Lipinski definition) is 6. The number of carbonyl (C=O) groups is 2. The van der Waals surface area contributed by atoms with Crippen LogP contribution in [0.2, 0.25) is 5.02 Å². The van der Waals surface area contributed by atoms with Gasteiger partial charge in [-0.25, -0.2) is 9.78 Å². The topological polar surface area (TPSA) is 108 Å². The van der Waals surface area contributed by atoms with Crippen LogP contribution in [-0.4, -0.2) is 27.6 Å². The molecule has 0 fully saturated rings. The third kappa shape index (κ3) is 4.32. The first-order chi connectivity index (χ1) is 14.8. The number of amides is 1. The van der Waals surface area contributed by atoms with Crippen LogP contribution in [-0.2, 0) is 16.1 Å². The fourth-order valence-electron chi connectivity index (χ4n) is 3.53. The van der Waals surface area contributed by atoms with Gasteiger partial charge in [-0.05, 0) is 31.0 Å². The van der Waals surface area contributed by atoms with E-state index in [4.69, 9.17) is 17.3 Å². The zero-order chi connectivity index (χ0) is 22.1. The van der Waals surface area contributed by atoms with Crippen molar-refractivity contribution in [1.82, 2.24) is 9.97 Å². The molecule has 2 aromatic carbocycles. The standard InChI is InChI=1S/C23H19ClN4O3/c1-12-21(27-22(23(25)30)13(2)26-12)16-6-4-15(5-7-16)18-8-3-14(10-19(18)24)9-17-11-20(29)31-28-17/h3-8,10H,9,11H2,1-2H3,(H2,25,30). The molecule has 0 atom stereocenters. The normalized spacial score (nSPS) is 13.1. The quantitative estimate of drug-likeness (QED) is 0.610. The van der Waals surface area contributed by atoms with E-state index in [0.717, 1.165) is 27.9 Å². The van der Waals surface area contributed by atoms with Crippen molar-refractivity contribution in [2.75, 3.05) is 0 Å². The SMILES string of the molecule is Cc1nc(C)c(-c2ccc(-c3ccc(CC4=NOC(=O)C4)cc3Cl)cc2)nc1C(N)=O. The molecule has 3 aromatic rings. The lowest BCUT2D eigenvalue weighted by atomic mass is 9.99. The van der Waals surface area contributed by atoms with Gasteiger partial charge in [0.15, 0.2) is 0 Å². The van der Waals surface area contributed by atoms with Crippen LogP contribution in [0.3, 0.4) is 0 Å². The molecule has 0 unspecified atom stereocenters. The fourth-order valence-corrected chi connectivity index (χ4v) is 3.84. The minimum atomic E-state index is -0.603. The van der Waals surface area contributed by atoms with Crippen molar-refractivity contribution in [2.45, 2.75) is 26.7 Å². The van der Waals surface area contributed by atoms with E-state index in [1.165, 1.54) is 0 Å². The summed E-state index contributed by atoms with van der Waals surface area (Å²) in [7, 11) is 0. The van der Waals surface area contributed by atoms with E-state index in [-0.39, 0.29) is 18.1 Å². The maximum Gasteiger partial charge on any atom is 0.340 e. The third-order valence-electron chi connectivity index (χ3n) is 5.01. The number of carbonyl (C=O) groups excluding carboxylic acids is 2. The van der Waals surface area contributed by atoms with E-state index in [2.05, 4.69) is 20.0 Å². The highest BCUT2D eigenvalue weighted by Gasteiger charge is 2.18. The van der Waals surface area contributed by atoms with Crippen molar-refractivity contribution in [1.29, 1.82) is 0 Å². The molecule has 7 nitrogen and oxygen atoms in total. The Bertz CT molecular complexity index is 1240. The van der Waals surface area contributed by atoms with Crippen LogP contribution in [0, 0.1) is 13.8 Å². The molecule has 1 aromatic heterocycles. The molecule has 8 heteroatoms. The fraction of sp³-hybridized carbons (Fsp3) is 0.174. The lowest BCUT2D eigenvalue weighted by Crippen LogP contribution is -2.17. The molecule has 0 spiro atoms. The zero-order valence-electron chi connectivity index (χ0n) is 17.0. The van der Waals surface area contributed by atoms with Crippen LogP contribution in [0.25, 0.3) is 22.4 Å². The summed E-state index contributed by atoms with van der Waals surface area (Å²) in [5, 5.41) is 4.37. The van der Waals surface area contributed by atoms with Crippen molar-refractivity contribution >= 4 is 29.2 Å². The van der Waals surface area contributed by atoms with Crippen molar-refractivity contribution in [3.63, 3.8) is 0 Å². The first-order valence-electron chi connectivity index (χ1n) is 9.61. The number of hydrogen-bond donors (Lipinski definition) is 1. The van der Waals surface area contributed by atoms with Crippen LogP contribution in [0.1, 0.15) is 33.9 Å². The molecule has 31 heavy (non-hydrogen) atoms. The molecule has 2 heterocycles. The van der Waals surface area contributed by atoms with Crippen molar-refractivity contribution in [3.8, 4) is 22.4 Å². The van der Waals surface area contributed by atoms with Crippen LogP contribution < -0.4 is 5.73 Å². The molecular formula is C23H19ClN4O3. The van der Waals surface area contributed by atoms with Crippen LogP contribution in [0.15, 0.2) is 47.6 Å². The summed E-state index contributed by atoms with van der Waals surface area (Å²) in [4.78, 5) is 36.2. The van der Waals surface area contributed by atoms with E-state index in [0.29, 0.717) is 28.5 Å². The Morgan fingerprint density at radius 1 is 1.06 bits per heavy atom. The van der Waals surface area contributed by atoms with Crippen molar-refractivity contribution in [3.05, 3.63) is 70.1 Å². The maximum atomic E-state index is 11.6. The number of aromatic nitrogens is 2. The predicted octanol–water partition coefficient (Wildman–Crippen LogP) is 4.03. The summed E-state index contributed by atoms with van der Waals surface area (Å²) in [6.07, 6.45) is 0.720. The molecule has 2 N–H and O–H groups in total. The van der Waals surface area contributed by atoms with Gasteiger partial charge >= 0.3 is 5.97 Å². The van der Waals surface area contributed by atoms with Gasteiger partial charge in [-0.15, -0.1) is 0 Å². The summed E-state index contributed by atoms with van der Waals surface area (Å²) in [6, 6.07) is 13.5. The number of halogens is 1. The number of benzene rings is 2. The lowest BCUT2D eigenvalue weighted by molar-refractivity contribution is -0.140.